The van der Waals surface area contributed by atoms with Crippen LogP contribution in [-0.4, -0.2) is 18.6 Å². The van der Waals surface area contributed by atoms with Crippen LogP contribution in [0.5, 0.6) is 0 Å². The summed E-state index contributed by atoms with van der Waals surface area (Å²) in [5.41, 5.74) is -0.204. The summed E-state index contributed by atoms with van der Waals surface area (Å²) in [5.74, 6) is 0. The zero-order valence-corrected chi connectivity index (χ0v) is 10.2. The molecule has 78 valence electrons. The van der Waals surface area contributed by atoms with Gasteiger partial charge >= 0.3 is 0 Å². The summed E-state index contributed by atoms with van der Waals surface area (Å²) in [5, 5.41) is 0. The van der Waals surface area contributed by atoms with Crippen molar-refractivity contribution in [3.8, 4) is 0 Å². The van der Waals surface area contributed by atoms with Crippen molar-refractivity contribution in [1.82, 2.24) is 4.72 Å². The van der Waals surface area contributed by atoms with Crippen LogP contribution < -0.4 is 4.72 Å². The van der Waals surface area contributed by atoms with Gasteiger partial charge in [-0.2, -0.15) is 0 Å². The minimum atomic E-state index is -3.11. The molecule has 1 rings (SSSR count). The van der Waals surface area contributed by atoms with E-state index in [1.54, 1.807) is 0 Å². The molecule has 1 saturated carbocycles. The van der Waals surface area contributed by atoms with Crippen LogP contribution in [0.15, 0.2) is 0 Å². The summed E-state index contributed by atoms with van der Waals surface area (Å²) in [6.07, 6.45) is 5.40. The van der Waals surface area contributed by atoms with Gasteiger partial charge in [0.05, 0.1) is 0 Å². The van der Waals surface area contributed by atoms with E-state index in [1.807, 2.05) is 6.92 Å². The van der Waals surface area contributed by atoms with Crippen molar-refractivity contribution >= 4 is 26.0 Å². The number of hydrogen-bond donors (Lipinski definition) is 1. The highest BCUT2D eigenvalue weighted by Crippen LogP contribution is 2.28. The molecule has 1 aliphatic rings. The topological polar surface area (TPSA) is 46.2 Å². The number of rotatable bonds is 3. The highest BCUT2D eigenvalue weighted by molar-refractivity contribution is 9.10. The van der Waals surface area contributed by atoms with Gasteiger partial charge in [0, 0.05) is 5.54 Å². The Balaban J connectivity index is 2.60. The third-order valence-corrected chi connectivity index (χ3v) is 5.40. The number of hydrogen-bond acceptors (Lipinski definition) is 2. The molecule has 0 aromatic carbocycles. The third-order valence-electron chi connectivity index (χ3n) is 2.50. The average molecular weight is 270 g/mol. The highest BCUT2D eigenvalue weighted by atomic mass is 79.9. The van der Waals surface area contributed by atoms with E-state index in [1.165, 1.54) is 6.42 Å². The minimum absolute atomic E-state index is 0.00438. The van der Waals surface area contributed by atoms with Crippen molar-refractivity contribution in [3.63, 3.8) is 0 Å². The molecule has 0 aromatic rings. The SMILES string of the molecule is CC1(NS(=O)(=O)CBr)CCCCC1. The molecule has 0 bridgehead atoms. The van der Waals surface area contributed by atoms with Crippen LogP contribution in [0.3, 0.4) is 0 Å². The van der Waals surface area contributed by atoms with Gasteiger partial charge in [-0.3, -0.25) is 0 Å². The van der Waals surface area contributed by atoms with Gasteiger partial charge in [0.15, 0.2) is 0 Å². The van der Waals surface area contributed by atoms with Gasteiger partial charge in [0.1, 0.15) is 4.66 Å². The van der Waals surface area contributed by atoms with E-state index in [9.17, 15) is 8.42 Å². The fourth-order valence-electron chi connectivity index (χ4n) is 1.84. The molecule has 3 nitrogen and oxygen atoms in total. The number of alkyl halides is 1. The Morgan fingerprint density at radius 2 is 1.85 bits per heavy atom. The Bertz CT molecular complexity index is 257. The smallest absolute Gasteiger partial charge is 0.212 e. The maximum Gasteiger partial charge on any atom is 0.222 e. The van der Waals surface area contributed by atoms with Gasteiger partial charge in [-0.05, 0) is 19.8 Å². The van der Waals surface area contributed by atoms with Gasteiger partial charge < -0.3 is 0 Å². The Kier molecular flexibility index (Phi) is 3.77. The van der Waals surface area contributed by atoms with Crippen LogP contribution >= 0.6 is 15.9 Å². The van der Waals surface area contributed by atoms with Crippen molar-refractivity contribution in [3.05, 3.63) is 0 Å². The minimum Gasteiger partial charge on any atom is -0.212 e. The molecule has 1 aliphatic carbocycles. The molecule has 1 fully saturated rings. The number of halogens is 1. The van der Waals surface area contributed by atoms with Crippen LogP contribution in [0.25, 0.3) is 0 Å². The van der Waals surface area contributed by atoms with E-state index >= 15 is 0 Å². The van der Waals surface area contributed by atoms with Gasteiger partial charge in [-0.25, -0.2) is 13.1 Å². The standard InChI is InChI=1S/C8H16BrNO2S/c1-8(5-3-2-4-6-8)10-13(11,12)7-9/h10H,2-7H2,1H3. The Morgan fingerprint density at radius 3 is 2.31 bits per heavy atom. The summed E-state index contributed by atoms with van der Waals surface area (Å²) >= 11 is 2.97. The molecule has 0 unspecified atom stereocenters. The van der Waals surface area contributed by atoms with Crippen molar-refractivity contribution in [1.29, 1.82) is 0 Å². The molecule has 5 heteroatoms. The molecule has 0 spiro atoms. The summed E-state index contributed by atoms with van der Waals surface area (Å²) < 4.78 is 25.4. The Hall–Kier alpha value is 0.390. The average Bonchev–Trinajstić information content (AvgIpc) is 2.04. The fraction of sp³-hybridized carbons (Fsp3) is 1.00. The lowest BCUT2D eigenvalue weighted by Gasteiger charge is -2.33. The van der Waals surface area contributed by atoms with Gasteiger partial charge in [-0.15, -0.1) is 0 Å². The lowest BCUT2D eigenvalue weighted by Crippen LogP contribution is -2.47. The maximum absolute atomic E-state index is 11.3. The van der Waals surface area contributed by atoms with Crippen LogP contribution in [0.4, 0.5) is 0 Å². The Morgan fingerprint density at radius 1 is 1.31 bits per heavy atom. The van der Waals surface area contributed by atoms with E-state index in [4.69, 9.17) is 0 Å². The molecule has 13 heavy (non-hydrogen) atoms. The molecule has 0 saturated heterocycles. The van der Waals surface area contributed by atoms with E-state index in [0.717, 1.165) is 25.7 Å². The van der Waals surface area contributed by atoms with E-state index in [0.29, 0.717) is 0 Å². The number of nitrogens with one attached hydrogen (secondary N) is 1. The molecule has 0 aromatic heterocycles. The molecule has 0 radical (unpaired) electrons. The molecule has 0 amide bonds. The van der Waals surface area contributed by atoms with Gasteiger partial charge in [0.2, 0.25) is 10.0 Å². The fourth-order valence-corrected chi connectivity index (χ4v) is 3.19. The normalized spacial score (nSPS) is 22.9. The summed E-state index contributed by atoms with van der Waals surface area (Å²) in [4.78, 5) is 0. The largest absolute Gasteiger partial charge is 0.222 e. The Labute approximate surface area is 88.5 Å². The zero-order chi connectivity index (χ0) is 9.95. The van der Waals surface area contributed by atoms with E-state index < -0.39 is 10.0 Å². The van der Waals surface area contributed by atoms with Crippen LogP contribution in [0.1, 0.15) is 39.0 Å². The number of sulfonamides is 1. The van der Waals surface area contributed by atoms with Gasteiger partial charge in [0.25, 0.3) is 0 Å². The first-order valence-electron chi connectivity index (χ1n) is 4.55. The molecule has 0 aliphatic heterocycles. The van der Waals surface area contributed by atoms with Crippen molar-refractivity contribution in [2.24, 2.45) is 0 Å². The molecular weight excluding hydrogens is 254 g/mol. The van der Waals surface area contributed by atoms with Crippen molar-refractivity contribution < 1.29 is 8.42 Å². The predicted octanol–water partition coefficient (Wildman–Crippen LogP) is 1.98. The summed E-state index contributed by atoms with van der Waals surface area (Å²) in [7, 11) is -3.11. The van der Waals surface area contributed by atoms with E-state index in [2.05, 4.69) is 20.7 Å². The molecule has 0 atom stereocenters. The first kappa shape index (κ1) is 11.5. The monoisotopic (exact) mass is 269 g/mol. The molecular formula is C8H16BrNO2S. The molecule has 0 heterocycles. The second-order valence-electron chi connectivity index (χ2n) is 3.95. The lowest BCUT2D eigenvalue weighted by molar-refractivity contribution is 0.294. The summed E-state index contributed by atoms with van der Waals surface area (Å²) in [6, 6.07) is 0. The van der Waals surface area contributed by atoms with Crippen molar-refractivity contribution in [2.45, 2.75) is 44.6 Å². The second-order valence-corrected chi connectivity index (χ2v) is 6.97. The van der Waals surface area contributed by atoms with Crippen LogP contribution in [0, 0.1) is 0 Å². The van der Waals surface area contributed by atoms with Crippen molar-refractivity contribution in [2.75, 3.05) is 4.66 Å². The second kappa shape index (κ2) is 4.28. The molecule has 1 N–H and O–H groups in total. The predicted molar refractivity (Wildman–Crippen MR) is 57.3 cm³/mol. The summed E-state index contributed by atoms with van der Waals surface area (Å²) in [6.45, 7) is 1.99. The van der Waals surface area contributed by atoms with Crippen LogP contribution in [0.2, 0.25) is 0 Å². The third kappa shape index (κ3) is 3.56. The van der Waals surface area contributed by atoms with E-state index in [-0.39, 0.29) is 10.2 Å². The quantitative estimate of drug-likeness (QED) is 0.797. The zero-order valence-electron chi connectivity index (χ0n) is 7.85. The lowest BCUT2D eigenvalue weighted by atomic mass is 9.84. The maximum atomic E-state index is 11.3. The van der Waals surface area contributed by atoms with Crippen LogP contribution in [-0.2, 0) is 10.0 Å². The first-order chi connectivity index (χ1) is 5.97. The first-order valence-corrected chi connectivity index (χ1v) is 7.32. The van der Waals surface area contributed by atoms with Gasteiger partial charge in [-0.1, -0.05) is 35.2 Å². The highest BCUT2D eigenvalue weighted by Gasteiger charge is 2.30.